The second kappa shape index (κ2) is 7.02. The van der Waals surface area contributed by atoms with E-state index in [9.17, 15) is 4.79 Å². The highest BCUT2D eigenvalue weighted by Gasteiger charge is 2.30. The van der Waals surface area contributed by atoms with Crippen LogP contribution in [0.4, 0.5) is 0 Å². The molecule has 0 saturated heterocycles. The zero-order chi connectivity index (χ0) is 20.9. The van der Waals surface area contributed by atoms with E-state index in [1.807, 2.05) is 40.8 Å². The third-order valence-corrected chi connectivity index (χ3v) is 6.48. The molecule has 6 rings (SSSR count). The van der Waals surface area contributed by atoms with Gasteiger partial charge in [-0.1, -0.05) is 23.9 Å². The predicted octanol–water partition coefficient (Wildman–Crippen LogP) is 2.86. The average molecular weight is 430 g/mol. The minimum absolute atomic E-state index is 0.0785. The maximum Gasteiger partial charge on any atom is 0.262 e. The predicted molar refractivity (Wildman–Crippen MR) is 117 cm³/mol. The van der Waals surface area contributed by atoms with Crippen molar-refractivity contribution in [1.29, 1.82) is 0 Å². The summed E-state index contributed by atoms with van der Waals surface area (Å²) < 4.78 is 5.71. The van der Waals surface area contributed by atoms with Gasteiger partial charge in [-0.05, 0) is 37.1 Å². The van der Waals surface area contributed by atoms with E-state index in [2.05, 4.69) is 29.9 Å². The van der Waals surface area contributed by atoms with E-state index in [1.165, 1.54) is 4.57 Å². The Morgan fingerprint density at radius 1 is 1.03 bits per heavy atom. The van der Waals surface area contributed by atoms with Crippen LogP contribution in [0.5, 0.6) is 0 Å². The molecule has 0 N–H and O–H groups in total. The maximum atomic E-state index is 12.6. The molecule has 4 heterocycles. The molecule has 0 aliphatic heterocycles. The van der Waals surface area contributed by atoms with E-state index >= 15 is 0 Å². The Bertz CT molecular complexity index is 1480. The van der Waals surface area contributed by atoms with Gasteiger partial charge in [-0.2, -0.15) is 0 Å². The number of aryl methyl sites for hydroxylation is 1. The van der Waals surface area contributed by atoms with Crippen molar-refractivity contribution in [2.24, 2.45) is 7.05 Å². The van der Waals surface area contributed by atoms with Gasteiger partial charge < -0.3 is 0 Å². The second-order valence-electron chi connectivity index (χ2n) is 7.56. The van der Waals surface area contributed by atoms with Crippen molar-refractivity contribution in [3.05, 3.63) is 65.0 Å². The first kappa shape index (κ1) is 18.3. The van der Waals surface area contributed by atoms with Gasteiger partial charge >= 0.3 is 0 Å². The van der Waals surface area contributed by atoms with Crippen LogP contribution < -0.4 is 5.56 Å². The second-order valence-corrected chi connectivity index (χ2v) is 8.51. The lowest BCUT2D eigenvalue weighted by Crippen LogP contribution is -2.20. The molecule has 0 bridgehead atoms. The molecule has 31 heavy (non-hydrogen) atoms. The molecule has 0 radical (unpaired) electrons. The first-order valence-corrected chi connectivity index (χ1v) is 11.0. The summed E-state index contributed by atoms with van der Waals surface area (Å²) in [6.07, 6.45) is 5.80. The fourth-order valence-electron chi connectivity index (χ4n) is 3.85. The van der Waals surface area contributed by atoms with Crippen LogP contribution >= 0.6 is 11.8 Å². The maximum absolute atomic E-state index is 12.6. The number of rotatable bonds is 5. The molecular formula is C21H18N8OS. The van der Waals surface area contributed by atoms with Gasteiger partial charge in [0.1, 0.15) is 5.82 Å². The van der Waals surface area contributed by atoms with Gasteiger partial charge in [0.15, 0.2) is 11.0 Å². The summed E-state index contributed by atoms with van der Waals surface area (Å²) in [5.74, 6) is 2.72. The Kier molecular flexibility index (Phi) is 4.13. The number of benzene rings is 1. The van der Waals surface area contributed by atoms with Crippen molar-refractivity contribution in [2.75, 3.05) is 0 Å². The lowest BCUT2D eigenvalue weighted by molar-refractivity contribution is 0.669. The molecule has 0 spiro atoms. The van der Waals surface area contributed by atoms with E-state index in [4.69, 9.17) is 0 Å². The summed E-state index contributed by atoms with van der Waals surface area (Å²) in [5, 5.41) is 19.1. The summed E-state index contributed by atoms with van der Waals surface area (Å²) in [7, 11) is 1.72. The molecule has 1 fully saturated rings. The monoisotopic (exact) mass is 430 g/mol. The van der Waals surface area contributed by atoms with Crippen LogP contribution in [0, 0.1) is 0 Å². The molecule has 1 aliphatic carbocycles. The number of hydrogen-bond acceptors (Lipinski definition) is 7. The Morgan fingerprint density at radius 3 is 2.65 bits per heavy atom. The molecule has 154 valence electrons. The molecule has 1 saturated carbocycles. The summed E-state index contributed by atoms with van der Waals surface area (Å²) in [6, 6.07) is 11.9. The van der Waals surface area contributed by atoms with Crippen molar-refractivity contribution >= 4 is 28.4 Å². The number of para-hydroxylation sites is 1. The zero-order valence-electron chi connectivity index (χ0n) is 16.7. The lowest BCUT2D eigenvalue weighted by atomic mass is 10.2. The minimum Gasteiger partial charge on any atom is -0.299 e. The van der Waals surface area contributed by atoms with E-state index in [-0.39, 0.29) is 5.56 Å². The Labute approximate surface area is 180 Å². The smallest absolute Gasteiger partial charge is 0.262 e. The first-order chi connectivity index (χ1) is 15.2. The third kappa shape index (κ3) is 2.94. The van der Waals surface area contributed by atoms with Crippen molar-refractivity contribution in [1.82, 2.24) is 38.9 Å². The van der Waals surface area contributed by atoms with E-state index in [0.29, 0.717) is 23.0 Å². The van der Waals surface area contributed by atoms with Crippen molar-refractivity contribution in [2.45, 2.75) is 29.8 Å². The van der Waals surface area contributed by atoms with Gasteiger partial charge in [0.2, 0.25) is 5.78 Å². The van der Waals surface area contributed by atoms with Crippen LogP contribution in [0.1, 0.15) is 24.7 Å². The van der Waals surface area contributed by atoms with Crippen LogP contribution in [0.15, 0.2) is 58.7 Å². The summed E-state index contributed by atoms with van der Waals surface area (Å²) in [6.45, 7) is 0. The molecule has 10 heteroatoms. The number of hydrogen-bond donors (Lipinski definition) is 0. The van der Waals surface area contributed by atoms with Gasteiger partial charge in [-0.15, -0.1) is 20.4 Å². The van der Waals surface area contributed by atoms with E-state index in [1.54, 1.807) is 31.2 Å². The number of pyridine rings is 1. The zero-order valence-corrected chi connectivity index (χ0v) is 17.5. The third-order valence-electron chi connectivity index (χ3n) is 5.54. The molecule has 0 amide bonds. The van der Waals surface area contributed by atoms with Crippen LogP contribution in [-0.4, -0.2) is 38.9 Å². The van der Waals surface area contributed by atoms with Gasteiger partial charge in [0.05, 0.1) is 16.7 Å². The molecule has 4 aromatic heterocycles. The van der Waals surface area contributed by atoms with Crippen LogP contribution in [-0.2, 0) is 12.8 Å². The normalized spacial score (nSPS) is 14.0. The number of aromatic nitrogens is 8. The standard InChI is InChI=1S/C21H18N8OS/c1-27-19(30)15-4-2-3-5-16(15)29-17(23-25-20(27)29)12-31-21-26-24-18(28(21)14-6-7-14)13-8-10-22-11-9-13/h2-5,8-11,14H,6-7,12H2,1H3. The van der Waals surface area contributed by atoms with E-state index in [0.717, 1.165) is 40.7 Å². The quantitative estimate of drug-likeness (QED) is 0.396. The van der Waals surface area contributed by atoms with Crippen LogP contribution in [0.3, 0.4) is 0 Å². The van der Waals surface area contributed by atoms with E-state index < -0.39 is 0 Å². The molecule has 0 atom stereocenters. The first-order valence-electron chi connectivity index (χ1n) is 10.0. The fraction of sp³-hybridized carbons (Fsp3) is 0.238. The van der Waals surface area contributed by atoms with Gasteiger partial charge in [0, 0.05) is 31.0 Å². The Hall–Kier alpha value is -3.53. The molecule has 5 aromatic rings. The number of nitrogens with zero attached hydrogens (tertiary/aromatic N) is 8. The summed E-state index contributed by atoms with van der Waals surface area (Å²) in [4.78, 5) is 16.7. The molecule has 1 aromatic carbocycles. The molecule has 1 aliphatic rings. The SMILES string of the molecule is Cn1c(=O)c2ccccc2n2c(CSc3nnc(-c4ccncc4)n3C3CC3)nnc12. The molecular weight excluding hydrogens is 412 g/mol. The highest BCUT2D eigenvalue weighted by Crippen LogP contribution is 2.41. The highest BCUT2D eigenvalue weighted by atomic mass is 32.2. The number of thioether (sulfide) groups is 1. The Balaban J connectivity index is 1.40. The van der Waals surface area contributed by atoms with Crippen molar-refractivity contribution in [3.63, 3.8) is 0 Å². The Morgan fingerprint density at radius 2 is 1.84 bits per heavy atom. The highest BCUT2D eigenvalue weighted by molar-refractivity contribution is 7.98. The van der Waals surface area contributed by atoms with Crippen molar-refractivity contribution < 1.29 is 0 Å². The molecule has 0 unspecified atom stereocenters. The van der Waals surface area contributed by atoms with Crippen molar-refractivity contribution in [3.8, 4) is 11.4 Å². The summed E-state index contributed by atoms with van der Waals surface area (Å²) in [5.41, 5.74) is 1.74. The minimum atomic E-state index is -0.0785. The summed E-state index contributed by atoms with van der Waals surface area (Å²) >= 11 is 1.59. The fourth-order valence-corrected chi connectivity index (χ4v) is 4.77. The van der Waals surface area contributed by atoms with Crippen LogP contribution in [0.25, 0.3) is 28.1 Å². The average Bonchev–Trinajstić information content (AvgIpc) is 3.41. The molecule has 9 nitrogen and oxygen atoms in total. The largest absolute Gasteiger partial charge is 0.299 e. The van der Waals surface area contributed by atoms with Crippen LogP contribution in [0.2, 0.25) is 0 Å². The van der Waals surface area contributed by atoms with Gasteiger partial charge in [-0.25, -0.2) is 0 Å². The topological polar surface area (TPSA) is 95.8 Å². The van der Waals surface area contributed by atoms with Gasteiger partial charge in [-0.3, -0.25) is 23.3 Å². The van der Waals surface area contributed by atoms with Gasteiger partial charge in [0.25, 0.3) is 5.56 Å². The number of fused-ring (bicyclic) bond motifs is 3. The lowest BCUT2D eigenvalue weighted by Gasteiger charge is -2.09.